The Morgan fingerprint density at radius 3 is 2.86 bits per heavy atom. The van der Waals surface area contributed by atoms with E-state index in [1.807, 2.05) is 0 Å². The monoisotopic (exact) mass is 291 g/mol. The summed E-state index contributed by atoms with van der Waals surface area (Å²) < 4.78 is 18.5. The summed E-state index contributed by atoms with van der Waals surface area (Å²) in [6.07, 6.45) is 4.44. The predicted octanol–water partition coefficient (Wildman–Crippen LogP) is 2.89. The number of halogens is 1. The van der Waals surface area contributed by atoms with Crippen LogP contribution in [0.25, 0.3) is 11.0 Å². The summed E-state index contributed by atoms with van der Waals surface area (Å²) in [5.74, 6) is 0.141. The summed E-state index contributed by atoms with van der Waals surface area (Å²) in [4.78, 5) is 2.49. The SMILES string of the molecule is NCCCCN1CCC(c2noc3cc(F)ccc23)CC1. The Morgan fingerprint density at radius 1 is 1.29 bits per heavy atom. The van der Waals surface area contributed by atoms with Crippen molar-refractivity contribution in [3.8, 4) is 0 Å². The van der Waals surface area contributed by atoms with Gasteiger partial charge in [0.15, 0.2) is 5.58 Å². The van der Waals surface area contributed by atoms with Gasteiger partial charge in [-0.1, -0.05) is 5.16 Å². The lowest BCUT2D eigenvalue weighted by Gasteiger charge is -2.31. The molecule has 1 fully saturated rings. The number of nitrogens with two attached hydrogens (primary N) is 1. The van der Waals surface area contributed by atoms with Crippen LogP contribution in [-0.4, -0.2) is 36.2 Å². The molecule has 0 unspecified atom stereocenters. The highest BCUT2D eigenvalue weighted by atomic mass is 19.1. The molecule has 21 heavy (non-hydrogen) atoms. The van der Waals surface area contributed by atoms with Crippen LogP contribution in [0.3, 0.4) is 0 Å². The van der Waals surface area contributed by atoms with E-state index in [2.05, 4.69) is 10.1 Å². The van der Waals surface area contributed by atoms with Crippen LogP contribution in [0.5, 0.6) is 0 Å². The maximum Gasteiger partial charge on any atom is 0.170 e. The molecule has 1 saturated heterocycles. The van der Waals surface area contributed by atoms with E-state index in [0.29, 0.717) is 11.5 Å². The Bertz CT molecular complexity index is 590. The maximum atomic E-state index is 13.2. The van der Waals surface area contributed by atoms with E-state index in [1.165, 1.54) is 18.6 Å². The Labute approximate surface area is 124 Å². The molecule has 2 heterocycles. The molecule has 1 aliphatic heterocycles. The average Bonchev–Trinajstić information content (AvgIpc) is 2.91. The zero-order chi connectivity index (χ0) is 14.7. The Hall–Kier alpha value is -1.46. The molecule has 0 radical (unpaired) electrons. The number of hydrogen-bond donors (Lipinski definition) is 1. The molecular formula is C16H22FN3O. The minimum atomic E-state index is -0.278. The lowest BCUT2D eigenvalue weighted by Crippen LogP contribution is -2.34. The average molecular weight is 291 g/mol. The van der Waals surface area contributed by atoms with E-state index in [4.69, 9.17) is 10.3 Å². The molecule has 0 spiro atoms. The van der Waals surface area contributed by atoms with E-state index in [-0.39, 0.29) is 5.82 Å². The van der Waals surface area contributed by atoms with Gasteiger partial charge in [0.25, 0.3) is 0 Å². The van der Waals surface area contributed by atoms with E-state index >= 15 is 0 Å². The van der Waals surface area contributed by atoms with Gasteiger partial charge in [-0.3, -0.25) is 0 Å². The molecule has 1 aromatic heterocycles. The normalized spacial score (nSPS) is 17.6. The predicted molar refractivity (Wildman–Crippen MR) is 80.7 cm³/mol. The molecule has 114 valence electrons. The van der Waals surface area contributed by atoms with Crippen LogP contribution in [0.2, 0.25) is 0 Å². The van der Waals surface area contributed by atoms with Crippen LogP contribution in [-0.2, 0) is 0 Å². The molecule has 5 heteroatoms. The first-order valence-electron chi connectivity index (χ1n) is 7.75. The summed E-state index contributed by atoms with van der Waals surface area (Å²) in [5.41, 5.74) is 7.07. The van der Waals surface area contributed by atoms with Crippen LogP contribution in [0.1, 0.15) is 37.3 Å². The number of nitrogens with zero attached hydrogens (tertiary/aromatic N) is 2. The van der Waals surface area contributed by atoms with Crippen LogP contribution in [0.15, 0.2) is 22.7 Å². The fourth-order valence-corrected chi connectivity index (χ4v) is 3.14. The smallest absolute Gasteiger partial charge is 0.170 e. The number of likely N-dealkylation sites (tertiary alicyclic amines) is 1. The second-order valence-electron chi connectivity index (χ2n) is 5.82. The zero-order valence-electron chi connectivity index (χ0n) is 12.2. The molecule has 0 bridgehead atoms. The molecule has 0 amide bonds. The largest absolute Gasteiger partial charge is 0.356 e. The summed E-state index contributed by atoms with van der Waals surface area (Å²) in [5, 5.41) is 5.14. The van der Waals surface area contributed by atoms with Crippen molar-refractivity contribution in [1.82, 2.24) is 10.1 Å². The highest BCUT2D eigenvalue weighted by Crippen LogP contribution is 2.32. The van der Waals surface area contributed by atoms with Crippen LogP contribution in [0.4, 0.5) is 4.39 Å². The van der Waals surface area contributed by atoms with E-state index in [1.54, 1.807) is 6.07 Å². The van der Waals surface area contributed by atoms with E-state index < -0.39 is 0 Å². The number of fused-ring (bicyclic) bond motifs is 1. The van der Waals surface area contributed by atoms with Crippen molar-refractivity contribution in [3.05, 3.63) is 29.7 Å². The van der Waals surface area contributed by atoms with Gasteiger partial charge in [0.1, 0.15) is 5.82 Å². The van der Waals surface area contributed by atoms with Gasteiger partial charge in [-0.15, -0.1) is 0 Å². The number of rotatable bonds is 5. The summed E-state index contributed by atoms with van der Waals surface area (Å²) >= 11 is 0. The third-order valence-electron chi connectivity index (χ3n) is 4.36. The molecule has 1 aromatic carbocycles. The fourth-order valence-electron chi connectivity index (χ4n) is 3.14. The molecule has 2 N–H and O–H groups in total. The van der Waals surface area contributed by atoms with Gasteiger partial charge in [-0.05, 0) is 64.0 Å². The lowest BCUT2D eigenvalue weighted by atomic mass is 9.91. The first-order chi connectivity index (χ1) is 10.3. The number of hydrogen-bond acceptors (Lipinski definition) is 4. The number of aromatic nitrogens is 1. The standard InChI is InChI=1S/C16H22FN3O/c17-13-3-4-14-15(11-13)21-19-16(14)12-5-9-20(10-6-12)8-2-1-7-18/h3-4,11-12H,1-2,5-10,18H2. The van der Waals surface area contributed by atoms with Crippen molar-refractivity contribution >= 4 is 11.0 Å². The molecular weight excluding hydrogens is 269 g/mol. The summed E-state index contributed by atoms with van der Waals surface area (Å²) in [7, 11) is 0. The third kappa shape index (κ3) is 3.24. The number of unbranched alkanes of at least 4 members (excludes halogenated alkanes) is 1. The Balaban J connectivity index is 1.63. The molecule has 0 aliphatic carbocycles. The van der Waals surface area contributed by atoms with Crippen molar-refractivity contribution in [2.45, 2.75) is 31.6 Å². The molecule has 1 aliphatic rings. The maximum absolute atomic E-state index is 13.2. The van der Waals surface area contributed by atoms with Gasteiger partial charge in [0, 0.05) is 17.4 Å². The quantitative estimate of drug-likeness (QED) is 0.861. The van der Waals surface area contributed by atoms with Crippen molar-refractivity contribution in [1.29, 1.82) is 0 Å². The van der Waals surface area contributed by atoms with Gasteiger partial charge < -0.3 is 15.2 Å². The third-order valence-corrected chi connectivity index (χ3v) is 4.36. The number of benzene rings is 1. The molecule has 0 saturated carbocycles. The Kier molecular flexibility index (Phi) is 4.51. The second-order valence-corrected chi connectivity index (χ2v) is 5.82. The van der Waals surface area contributed by atoms with Crippen molar-refractivity contribution in [3.63, 3.8) is 0 Å². The van der Waals surface area contributed by atoms with Gasteiger partial charge in [-0.2, -0.15) is 0 Å². The topological polar surface area (TPSA) is 55.3 Å². The van der Waals surface area contributed by atoms with Crippen LogP contribution in [0, 0.1) is 5.82 Å². The molecule has 2 aromatic rings. The van der Waals surface area contributed by atoms with Crippen LogP contribution < -0.4 is 5.73 Å². The summed E-state index contributed by atoms with van der Waals surface area (Å²) in [6, 6.07) is 4.67. The van der Waals surface area contributed by atoms with Gasteiger partial charge in [0.05, 0.1) is 5.69 Å². The fraction of sp³-hybridized carbons (Fsp3) is 0.562. The van der Waals surface area contributed by atoms with Crippen molar-refractivity contribution in [2.75, 3.05) is 26.2 Å². The van der Waals surface area contributed by atoms with Gasteiger partial charge >= 0.3 is 0 Å². The van der Waals surface area contributed by atoms with E-state index in [0.717, 1.165) is 56.5 Å². The zero-order valence-corrected chi connectivity index (χ0v) is 12.2. The van der Waals surface area contributed by atoms with Gasteiger partial charge in [-0.25, -0.2) is 4.39 Å². The molecule has 0 atom stereocenters. The number of piperidine rings is 1. The highest BCUT2D eigenvalue weighted by Gasteiger charge is 2.24. The van der Waals surface area contributed by atoms with Crippen molar-refractivity contribution in [2.24, 2.45) is 5.73 Å². The molecule has 3 rings (SSSR count). The minimum Gasteiger partial charge on any atom is -0.356 e. The van der Waals surface area contributed by atoms with E-state index in [9.17, 15) is 4.39 Å². The Morgan fingerprint density at radius 2 is 2.10 bits per heavy atom. The highest BCUT2D eigenvalue weighted by molar-refractivity contribution is 5.79. The first kappa shape index (κ1) is 14.5. The molecule has 4 nitrogen and oxygen atoms in total. The van der Waals surface area contributed by atoms with Gasteiger partial charge in [0.2, 0.25) is 0 Å². The van der Waals surface area contributed by atoms with Crippen LogP contribution >= 0.6 is 0 Å². The second kappa shape index (κ2) is 6.54. The minimum absolute atomic E-state index is 0.278. The lowest BCUT2D eigenvalue weighted by molar-refractivity contribution is 0.206. The summed E-state index contributed by atoms with van der Waals surface area (Å²) in [6.45, 7) is 4.09. The van der Waals surface area contributed by atoms with Crippen molar-refractivity contribution < 1.29 is 8.91 Å². The first-order valence-corrected chi connectivity index (χ1v) is 7.75.